The maximum atomic E-state index is 13.0. The molecule has 0 spiro atoms. The maximum Gasteiger partial charge on any atom is 0.404 e. The second-order valence-electron chi connectivity index (χ2n) is 11.4. The zero-order valence-electron chi connectivity index (χ0n) is 24.3. The lowest BCUT2D eigenvalue weighted by atomic mass is 9.82. The first kappa shape index (κ1) is 30.7. The molecule has 0 aliphatic carbocycles. The van der Waals surface area contributed by atoms with Crippen LogP contribution in [-0.2, 0) is 22.3 Å². The number of rotatable bonds is 8. The van der Waals surface area contributed by atoms with Gasteiger partial charge in [-0.3, -0.25) is 0 Å². The van der Waals surface area contributed by atoms with Crippen LogP contribution in [0, 0.1) is 5.92 Å². The van der Waals surface area contributed by atoms with E-state index in [1.807, 2.05) is 26.0 Å². The van der Waals surface area contributed by atoms with Crippen LogP contribution in [0.15, 0.2) is 63.8 Å². The van der Waals surface area contributed by atoms with E-state index in [2.05, 4.69) is 6.58 Å². The Hall–Kier alpha value is -4.28. The molecule has 1 aromatic heterocycles. The lowest BCUT2D eigenvalue weighted by molar-refractivity contribution is -0.283. The summed E-state index contributed by atoms with van der Waals surface area (Å²) < 4.78 is 22.5. The van der Waals surface area contributed by atoms with Crippen LogP contribution in [0.3, 0.4) is 0 Å². The molecule has 2 aromatic carbocycles. The molecule has 224 valence electrons. The minimum absolute atomic E-state index is 0.0197. The van der Waals surface area contributed by atoms with Crippen molar-refractivity contribution in [1.29, 1.82) is 0 Å². The highest BCUT2D eigenvalue weighted by Gasteiger charge is 2.50. The van der Waals surface area contributed by atoms with Crippen LogP contribution in [0.1, 0.15) is 51.3 Å². The fourth-order valence-electron chi connectivity index (χ4n) is 4.89. The summed E-state index contributed by atoms with van der Waals surface area (Å²) in [5.41, 5.74) is 6.81. The third-order valence-corrected chi connectivity index (χ3v) is 7.68. The number of carbonyl (C=O) groups excluding carboxylic acids is 1. The number of hydrogen-bond acceptors (Lipinski definition) is 9. The molecule has 2 heterocycles. The van der Waals surface area contributed by atoms with Gasteiger partial charge in [-0.15, -0.1) is 0 Å². The molecule has 5 N–H and O–H groups in total. The molecule has 1 aliphatic heterocycles. The average Bonchev–Trinajstić information content (AvgIpc) is 2.91. The first-order valence-electron chi connectivity index (χ1n) is 13.6. The van der Waals surface area contributed by atoms with Gasteiger partial charge in [0.1, 0.15) is 28.9 Å². The van der Waals surface area contributed by atoms with Gasteiger partial charge in [-0.1, -0.05) is 31.2 Å². The summed E-state index contributed by atoms with van der Waals surface area (Å²) in [7, 11) is 0. The highest BCUT2D eigenvalue weighted by molar-refractivity contribution is 5.86. The molecule has 42 heavy (non-hydrogen) atoms. The highest BCUT2D eigenvalue weighted by atomic mass is 16.7. The van der Waals surface area contributed by atoms with Gasteiger partial charge in [-0.25, -0.2) is 9.59 Å². The largest absolute Gasteiger partial charge is 0.508 e. The Kier molecular flexibility index (Phi) is 8.70. The number of aliphatic hydroxyl groups excluding tert-OH is 1. The number of hydrogen-bond donors (Lipinski definition) is 4. The van der Waals surface area contributed by atoms with Crippen LogP contribution in [0.4, 0.5) is 4.79 Å². The Bertz CT molecular complexity index is 1600. The molecule has 4 rings (SSSR count). The standard InChI is InChI=1S/C32H37NO9/c1-16(2)7-8-20-14-19(9-12-24(20)34)17(3)13-23-26(35)22-11-10-21(15-25(22)40-29(23)37)39-30-27(36)28(41-31(33)38)18(4)32(5,6)42-30/h7,9-12,14-15,18,27-28,30,34-36H,3,8,13H2,1-2,4-6H3,(H2,33,38)/t18-,27+,28+,30?/m1/s1. The van der Waals surface area contributed by atoms with Gasteiger partial charge in [-0.2, -0.15) is 0 Å². The Morgan fingerprint density at radius 2 is 1.88 bits per heavy atom. The average molecular weight is 580 g/mol. The Morgan fingerprint density at radius 1 is 1.17 bits per heavy atom. The van der Waals surface area contributed by atoms with Gasteiger partial charge in [0.05, 0.1) is 16.6 Å². The molecule has 1 unspecified atom stereocenters. The number of carbonyl (C=O) groups is 1. The van der Waals surface area contributed by atoms with Crippen LogP contribution in [0.2, 0.25) is 0 Å². The van der Waals surface area contributed by atoms with Crippen molar-refractivity contribution in [1.82, 2.24) is 0 Å². The number of allylic oxidation sites excluding steroid dienone is 3. The number of benzene rings is 2. The van der Waals surface area contributed by atoms with Crippen LogP contribution < -0.4 is 16.1 Å². The predicted octanol–water partition coefficient (Wildman–Crippen LogP) is 4.94. The molecule has 0 radical (unpaired) electrons. The summed E-state index contributed by atoms with van der Waals surface area (Å²) in [6.45, 7) is 13.3. The summed E-state index contributed by atoms with van der Waals surface area (Å²) in [4.78, 5) is 24.4. The number of amides is 1. The van der Waals surface area contributed by atoms with Crippen LogP contribution >= 0.6 is 0 Å². The molecule has 1 fully saturated rings. The molecule has 0 saturated carbocycles. The SMILES string of the molecule is C=C(Cc1c(O)c2ccc(OC3OC(C)(C)[C@H](C)[C@H](OC(N)=O)[C@@H]3O)cc2oc1=O)c1ccc(O)c(CC=C(C)C)c1. The molecule has 3 aromatic rings. The number of ether oxygens (including phenoxy) is 3. The van der Waals surface area contributed by atoms with Gasteiger partial charge in [0.15, 0.2) is 6.10 Å². The summed E-state index contributed by atoms with van der Waals surface area (Å²) in [5.74, 6) is -0.306. The molecule has 4 atom stereocenters. The summed E-state index contributed by atoms with van der Waals surface area (Å²) in [5, 5.41) is 32.4. The summed E-state index contributed by atoms with van der Waals surface area (Å²) in [6, 6.07) is 9.54. The molecule has 10 heteroatoms. The van der Waals surface area contributed by atoms with Crippen LogP contribution in [-0.4, -0.2) is 45.5 Å². The number of primary amides is 1. The van der Waals surface area contributed by atoms with Crippen molar-refractivity contribution < 1.29 is 38.7 Å². The predicted molar refractivity (Wildman–Crippen MR) is 157 cm³/mol. The van der Waals surface area contributed by atoms with E-state index in [0.717, 1.165) is 16.7 Å². The second-order valence-corrected chi connectivity index (χ2v) is 11.4. The maximum absolute atomic E-state index is 13.0. The van der Waals surface area contributed by atoms with Gasteiger partial charge >= 0.3 is 11.7 Å². The minimum atomic E-state index is -1.35. The van der Waals surface area contributed by atoms with Crippen molar-refractivity contribution in [3.63, 3.8) is 0 Å². The highest BCUT2D eigenvalue weighted by Crippen LogP contribution is 2.38. The van der Waals surface area contributed by atoms with E-state index in [-0.39, 0.29) is 40.2 Å². The van der Waals surface area contributed by atoms with Crippen molar-refractivity contribution in [2.75, 3.05) is 0 Å². The quantitative estimate of drug-likeness (QED) is 0.214. The van der Waals surface area contributed by atoms with Crippen molar-refractivity contribution >= 4 is 22.6 Å². The smallest absolute Gasteiger partial charge is 0.404 e. The van der Waals surface area contributed by atoms with Crippen LogP contribution in [0.5, 0.6) is 17.2 Å². The Balaban J connectivity index is 1.58. The number of nitrogens with two attached hydrogens (primary N) is 1. The molecule has 1 saturated heterocycles. The van der Waals surface area contributed by atoms with E-state index in [1.54, 1.807) is 32.9 Å². The molecule has 1 aliphatic rings. The van der Waals surface area contributed by atoms with Crippen molar-refractivity contribution in [2.24, 2.45) is 11.7 Å². The van der Waals surface area contributed by atoms with E-state index in [4.69, 9.17) is 24.4 Å². The molecule has 10 nitrogen and oxygen atoms in total. The minimum Gasteiger partial charge on any atom is -0.508 e. The summed E-state index contributed by atoms with van der Waals surface area (Å²) in [6.07, 6.45) is -2.03. The molecule has 0 bridgehead atoms. The van der Waals surface area contributed by atoms with Crippen molar-refractivity contribution in [3.8, 4) is 17.2 Å². The fraction of sp³-hybridized carbons (Fsp3) is 0.375. The third-order valence-electron chi connectivity index (χ3n) is 7.68. The first-order valence-corrected chi connectivity index (χ1v) is 13.6. The lowest BCUT2D eigenvalue weighted by Gasteiger charge is -2.47. The van der Waals surface area contributed by atoms with E-state index in [0.29, 0.717) is 12.0 Å². The number of aliphatic hydroxyl groups is 1. The normalized spacial score (nSPS) is 21.5. The summed E-state index contributed by atoms with van der Waals surface area (Å²) >= 11 is 0. The number of aromatic hydroxyl groups is 2. The monoisotopic (exact) mass is 579 g/mol. The zero-order chi connectivity index (χ0) is 30.9. The van der Waals surface area contributed by atoms with Gasteiger partial charge in [0.2, 0.25) is 6.29 Å². The Labute approximate surface area is 243 Å². The van der Waals surface area contributed by atoms with Gasteiger partial charge in [-0.05, 0) is 75.1 Å². The van der Waals surface area contributed by atoms with Crippen LogP contribution in [0.25, 0.3) is 16.5 Å². The third kappa shape index (κ3) is 6.45. The van der Waals surface area contributed by atoms with Crippen molar-refractivity contribution in [2.45, 2.75) is 71.6 Å². The van der Waals surface area contributed by atoms with Gasteiger partial charge < -0.3 is 39.7 Å². The molecular formula is C32H37NO9. The van der Waals surface area contributed by atoms with E-state index < -0.39 is 41.7 Å². The lowest BCUT2D eigenvalue weighted by Crippen LogP contribution is -2.60. The van der Waals surface area contributed by atoms with Crippen molar-refractivity contribution in [3.05, 3.63) is 81.7 Å². The zero-order valence-corrected chi connectivity index (χ0v) is 24.3. The van der Waals surface area contributed by atoms with Gasteiger partial charge in [0.25, 0.3) is 0 Å². The first-order chi connectivity index (χ1) is 19.7. The topological polar surface area (TPSA) is 162 Å². The molecule has 1 amide bonds. The number of phenols is 1. The van der Waals surface area contributed by atoms with E-state index >= 15 is 0 Å². The number of phenolic OH excluding ortho intramolecular Hbond substituents is 1. The second kappa shape index (κ2) is 11.9. The number of fused-ring (bicyclic) bond motifs is 1. The Morgan fingerprint density at radius 3 is 2.55 bits per heavy atom. The fourth-order valence-corrected chi connectivity index (χ4v) is 4.89. The van der Waals surface area contributed by atoms with Gasteiger partial charge in [0, 0.05) is 18.4 Å². The molecular weight excluding hydrogens is 542 g/mol. The van der Waals surface area contributed by atoms with E-state index in [9.17, 15) is 24.9 Å². The van der Waals surface area contributed by atoms with E-state index in [1.165, 1.54) is 18.2 Å².